The number of hydrogen-bond acceptors (Lipinski definition) is 4. The Morgan fingerprint density at radius 3 is 3.04 bits per heavy atom. The lowest BCUT2D eigenvalue weighted by Gasteiger charge is -2.30. The van der Waals surface area contributed by atoms with Crippen molar-refractivity contribution in [1.82, 2.24) is 14.3 Å². The third-order valence-corrected chi connectivity index (χ3v) is 5.30. The Labute approximate surface area is 146 Å². The van der Waals surface area contributed by atoms with Crippen LogP contribution in [0.1, 0.15) is 31.0 Å². The van der Waals surface area contributed by atoms with Crippen molar-refractivity contribution in [1.29, 1.82) is 0 Å². The maximum absolute atomic E-state index is 12.3. The van der Waals surface area contributed by atoms with Gasteiger partial charge in [-0.2, -0.15) is 0 Å². The molecule has 3 rings (SSSR count). The molecular formula is C18H23N3O2S. The van der Waals surface area contributed by atoms with E-state index in [1.807, 2.05) is 24.0 Å². The van der Waals surface area contributed by atoms with Gasteiger partial charge in [0.2, 0.25) is 5.91 Å². The van der Waals surface area contributed by atoms with Crippen LogP contribution in [0.3, 0.4) is 0 Å². The topological polar surface area (TPSA) is 54.7 Å². The number of hydrogen-bond donors (Lipinski definition) is 0. The van der Waals surface area contributed by atoms with E-state index in [9.17, 15) is 9.59 Å². The number of carbonyl (C=O) groups is 1. The largest absolute Gasteiger partial charge is 0.342 e. The summed E-state index contributed by atoms with van der Waals surface area (Å²) in [6.07, 6.45) is 4.10. The molecule has 1 aliphatic heterocycles. The fourth-order valence-electron chi connectivity index (χ4n) is 3.08. The maximum atomic E-state index is 12.3. The second-order valence-electron chi connectivity index (χ2n) is 6.60. The average molecular weight is 345 g/mol. The summed E-state index contributed by atoms with van der Waals surface area (Å²) in [5.41, 5.74) is 2.33. The second kappa shape index (κ2) is 7.38. The molecule has 1 atom stereocenters. The summed E-state index contributed by atoms with van der Waals surface area (Å²) in [6, 6.07) is 5.36. The number of piperidine rings is 1. The number of nitrogens with zero attached hydrogens (tertiary/aromatic N) is 3. The highest BCUT2D eigenvalue weighted by atomic mass is 32.2. The van der Waals surface area contributed by atoms with E-state index in [1.165, 1.54) is 18.2 Å². The summed E-state index contributed by atoms with van der Waals surface area (Å²) in [5, 5.41) is 0. The van der Waals surface area contributed by atoms with E-state index < -0.39 is 0 Å². The molecule has 1 aliphatic rings. The van der Waals surface area contributed by atoms with Gasteiger partial charge in [-0.05, 0) is 37.3 Å². The molecule has 24 heavy (non-hydrogen) atoms. The molecule has 0 aliphatic carbocycles. The number of rotatable bonds is 4. The fraction of sp³-hybridized carbons (Fsp3) is 0.500. The van der Waals surface area contributed by atoms with E-state index in [1.54, 1.807) is 16.7 Å². The third kappa shape index (κ3) is 3.98. The average Bonchev–Trinajstić information content (AvgIpc) is 2.55. The van der Waals surface area contributed by atoms with Gasteiger partial charge in [0.1, 0.15) is 5.65 Å². The second-order valence-corrected chi connectivity index (χ2v) is 7.59. The zero-order chi connectivity index (χ0) is 17.1. The molecule has 5 nitrogen and oxygen atoms in total. The molecule has 0 saturated carbocycles. The van der Waals surface area contributed by atoms with Crippen molar-refractivity contribution in [3.63, 3.8) is 0 Å². The molecule has 0 radical (unpaired) electrons. The Morgan fingerprint density at radius 2 is 2.25 bits per heavy atom. The highest BCUT2D eigenvalue weighted by molar-refractivity contribution is 7.99. The summed E-state index contributed by atoms with van der Waals surface area (Å²) in [4.78, 5) is 30.9. The number of aryl methyl sites for hydroxylation is 1. The van der Waals surface area contributed by atoms with Gasteiger partial charge in [-0.15, -0.1) is 11.8 Å². The van der Waals surface area contributed by atoms with Crippen LogP contribution in [-0.4, -0.2) is 39.0 Å². The van der Waals surface area contributed by atoms with Crippen molar-refractivity contribution in [2.45, 2.75) is 32.4 Å². The molecule has 2 aromatic rings. The van der Waals surface area contributed by atoms with Crippen LogP contribution in [0, 0.1) is 12.8 Å². The van der Waals surface area contributed by atoms with Crippen LogP contribution in [0.2, 0.25) is 0 Å². The highest BCUT2D eigenvalue weighted by Crippen LogP contribution is 2.17. The van der Waals surface area contributed by atoms with Crippen molar-refractivity contribution >= 4 is 23.3 Å². The van der Waals surface area contributed by atoms with Crippen LogP contribution >= 0.6 is 11.8 Å². The number of pyridine rings is 1. The van der Waals surface area contributed by atoms with Gasteiger partial charge < -0.3 is 4.90 Å². The third-order valence-electron chi connectivity index (χ3n) is 4.35. The fourth-order valence-corrected chi connectivity index (χ4v) is 3.90. The first-order valence-electron chi connectivity index (χ1n) is 8.37. The SMILES string of the molecule is Cc1ccc2nc(CSCC(=O)N3CCC[C@@H](C)C3)cc(=O)n2c1. The smallest absolute Gasteiger partial charge is 0.258 e. The van der Waals surface area contributed by atoms with Crippen LogP contribution < -0.4 is 5.56 Å². The minimum Gasteiger partial charge on any atom is -0.342 e. The summed E-state index contributed by atoms with van der Waals surface area (Å²) in [6.45, 7) is 5.89. The van der Waals surface area contributed by atoms with Crippen molar-refractivity contribution in [2.24, 2.45) is 5.92 Å². The standard InChI is InChI=1S/C18H23N3O2S/c1-13-4-3-7-20(9-13)18(23)12-24-11-15-8-17(22)21-10-14(2)5-6-16(21)19-15/h5-6,8,10,13H,3-4,7,9,11-12H2,1-2H3/t13-/m1/s1. The van der Waals surface area contributed by atoms with E-state index in [4.69, 9.17) is 0 Å². The lowest BCUT2D eigenvalue weighted by atomic mass is 10.0. The van der Waals surface area contributed by atoms with Crippen molar-refractivity contribution in [3.8, 4) is 0 Å². The van der Waals surface area contributed by atoms with Crippen LogP contribution in [0.15, 0.2) is 29.2 Å². The Kier molecular flexibility index (Phi) is 5.23. The van der Waals surface area contributed by atoms with E-state index in [-0.39, 0.29) is 11.5 Å². The molecule has 6 heteroatoms. The van der Waals surface area contributed by atoms with Crippen LogP contribution in [0.5, 0.6) is 0 Å². The van der Waals surface area contributed by atoms with Gasteiger partial charge in [0.05, 0.1) is 11.4 Å². The number of aromatic nitrogens is 2. The molecule has 0 bridgehead atoms. The van der Waals surface area contributed by atoms with Crippen LogP contribution in [0.25, 0.3) is 5.65 Å². The number of thioether (sulfide) groups is 1. The molecular weight excluding hydrogens is 322 g/mol. The van der Waals surface area contributed by atoms with Gasteiger partial charge in [0, 0.05) is 31.1 Å². The number of fused-ring (bicyclic) bond motifs is 1. The molecule has 2 aromatic heterocycles. The highest BCUT2D eigenvalue weighted by Gasteiger charge is 2.20. The van der Waals surface area contributed by atoms with Crippen molar-refractivity contribution in [2.75, 3.05) is 18.8 Å². The Hall–Kier alpha value is -1.82. The summed E-state index contributed by atoms with van der Waals surface area (Å²) in [7, 11) is 0. The van der Waals surface area contributed by atoms with Crippen LogP contribution in [-0.2, 0) is 10.5 Å². The maximum Gasteiger partial charge on any atom is 0.258 e. The molecule has 0 unspecified atom stereocenters. The molecule has 0 N–H and O–H groups in total. The van der Waals surface area contributed by atoms with Gasteiger partial charge in [0.15, 0.2) is 0 Å². The zero-order valence-corrected chi connectivity index (χ0v) is 15.0. The monoisotopic (exact) mass is 345 g/mol. The van der Waals surface area contributed by atoms with Crippen molar-refractivity contribution < 1.29 is 4.79 Å². The first kappa shape index (κ1) is 17.0. The molecule has 1 fully saturated rings. The molecule has 1 amide bonds. The molecule has 128 valence electrons. The quantitative estimate of drug-likeness (QED) is 0.854. The lowest BCUT2D eigenvalue weighted by molar-refractivity contribution is -0.130. The van der Waals surface area contributed by atoms with Crippen molar-refractivity contribution in [3.05, 3.63) is 46.0 Å². The van der Waals surface area contributed by atoms with Gasteiger partial charge in [-0.25, -0.2) is 4.98 Å². The summed E-state index contributed by atoms with van der Waals surface area (Å²) < 4.78 is 1.56. The van der Waals surface area contributed by atoms with E-state index in [0.29, 0.717) is 23.1 Å². The summed E-state index contributed by atoms with van der Waals surface area (Å²) >= 11 is 1.53. The predicted molar refractivity (Wildman–Crippen MR) is 97.3 cm³/mol. The normalized spacial score (nSPS) is 18.1. The summed E-state index contributed by atoms with van der Waals surface area (Å²) in [5.74, 6) is 1.81. The minimum atomic E-state index is -0.0736. The Balaban J connectivity index is 1.60. The lowest BCUT2D eigenvalue weighted by Crippen LogP contribution is -2.40. The van der Waals surface area contributed by atoms with E-state index in [2.05, 4.69) is 11.9 Å². The first-order valence-corrected chi connectivity index (χ1v) is 9.53. The number of amides is 1. The first-order chi connectivity index (χ1) is 11.5. The van der Waals surface area contributed by atoms with E-state index >= 15 is 0 Å². The zero-order valence-electron chi connectivity index (χ0n) is 14.2. The number of carbonyl (C=O) groups excluding carboxylic acids is 1. The minimum absolute atomic E-state index is 0.0736. The van der Waals surface area contributed by atoms with Gasteiger partial charge in [-0.3, -0.25) is 14.0 Å². The Bertz CT molecular complexity index is 802. The predicted octanol–water partition coefficient (Wildman–Crippen LogP) is 2.49. The molecule has 3 heterocycles. The molecule has 0 spiro atoms. The Morgan fingerprint density at radius 1 is 1.42 bits per heavy atom. The van der Waals surface area contributed by atoms with E-state index in [0.717, 1.165) is 30.8 Å². The van der Waals surface area contributed by atoms with Crippen LogP contribution in [0.4, 0.5) is 0 Å². The molecule has 1 saturated heterocycles. The van der Waals surface area contributed by atoms with Gasteiger partial charge >= 0.3 is 0 Å². The van der Waals surface area contributed by atoms with Gasteiger partial charge in [0.25, 0.3) is 5.56 Å². The van der Waals surface area contributed by atoms with Gasteiger partial charge in [-0.1, -0.05) is 13.0 Å². The number of likely N-dealkylation sites (tertiary alicyclic amines) is 1. The molecule has 0 aromatic carbocycles.